The standard InChI is InChI=1S/C17H16N8O2S/c1-8(26)22-17-23-10-4-3-9(5-11(10)28-17)14-13-15(18)20-7-21-16(13)25(24-14)6-12(27)19-2/h3-5,7H,6H2,1-2H3,(H,19,27)(H2,18,20,21)(H,22,23,26). The van der Waals surface area contributed by atoms with Crippen LogP contribution < -0.4 is 16.4 Å². The Balaban J connectivity index is 1.86. The first-order valence-corrected chi connectivity index (χ1v) is 9.14. The third-order valence-corrected chi connectivity index (χ3v) is 5.01. The van der Waals surface area contributed by atoms with Crippen LogP contribution in [0.2, 0.25) is 0 Å². The lowest BCUT2D eigenvalue weighted by molar-refractivity contribution is -0.121. The molecule has 0 radical (unpaired) electrons. The molecule has 10 nitrogen and oxygen atoms in total. The molecule has 0 aliphatic rings. The fourth-order valence-corrected chi connectivity index (χ4v) is 3.78. The van der Waals surface area contributed by atoms with E-state index >= 15 is 0 Å². The lowest BCUT2D eigenvalue weighted by Crippen LogP contribution is -2.24. The number of benzene rings is 1. The van der Waals surface area contributed by atoms with E-state index in [0.29, 0.717) is 21.9 Å². The predicted octanol–water partition coefficient (Wildman–Crippen LogP) is 1.39. The molecule has 4 rings (SSSR count). The number of nitrogens with zero attached hydrogens (tertiary/aromatic N) is 5. The number of thiazole rings is 1. The first-order chi connectivity index (χ1) is 13.5. The van der Waals surface area contributed by atoms with Gasteiger partial charge in [0.15, 0.2) is 10.8 Å². The van der Waals surface area contributed by atoms with Gasteiger partial charge in [-0.25, -0.2) is 19.6 Å². The van der Waals surface area contributed by atoms with E-state index < -0.39 is 0 Å². The van der Waals surface area contributed by atoms with Gasteiger partial charge in [0.1, 0.15) is 24.4 Å². The van der Waals surface area contributed by atoms with Crippen molar-refractivity contribution in [1.29, 1.82) is 0 Å². The summed E-state index contributed by atoms with van der Waals surface area (Å²) in [6, 6.07) is 5.62. The Morgan fingerprint density at radius 1 is 1.29 bits per heavy atom. The molecule has 1 aromatic carbocycles. The highest BCUT2D eigenvalue weighted by molar-refractivity contribution is 7.22. The monoisotopic (exact) mass is 396 g/mol. The largest absolute Gasteiger partial charge is 0.383 e. The van der Waals surface area contributed by atoms with Gasteiger partial charge in [0.25, 0.3) is 0 Å². The first-order valence-electron chi connectivity index (χ1n) is 8.32. The maximum absolute atomic E-state index is 11.8. The summed E-state index contributed by atoms with van der Waals surface area (Å²) < 4.78 is 2.38. The topological polar surface area (TPSA) is 141 Å². The Bertz CT molecular complexity index is 1230. The Morgan fingerprint density at radius 3 is 2.86 bits per heavy atom. The maximum atomic E-state index is 11.8. The molecule has 4 N–H and O–H groups in total. The number of aromatic nitrogens is 5. The summed E-state index contributed by atoms with van der Waals surface area (Å²) in [4.78, 5) is 35.8. The van der Waals surface area contributed by atoms with Crippen molar-refractivity contribution < 1.29 is 9.59 Å². The van der Waals surface area contributed by atoms with Crippen molar-refractivity contribution in [3.63, 3.8) is 0 Å². The number of amides is 2. The van der Waals surface area contributed by atoms with Gasteiger partial charge in [0, 0.05) is 19.5 Å². The number of nitrogens with two attached hydrogens (primary N) is 1. The number of fused-ring (bicyclic) bond motifs is 2. The van der Waals surface area contributed by atoms with Gasteiger partial charge in [-0.3, -0.25) is 9.59 Å². The normalized spacial score (nSPS) is 11.1. The van der Waals surface area contributed by atoms with E-state index in [-0.39, 0.29) is 24.2 Å². The van der Waals surface area contributed by atoms with Crippen LogP contribution in [0.5, 0.6) is 0 Å². The zero-order valence-corrected chi connectivity index (χ0v) is 15.9. The summed E-state index contributed by atoms with van der Waals surface area (Å²) in [7, 11) is 1.56. The molecule has 0 spiro atoms. The molecule has 142 valence electrons. The van der Waals surface area contributed by atoms with Gasteiger partial charge >= 0.3 is 0 Å². The van der Waals surface area contributed by atoms with Crippen LogP contribution in [0.4, 0.5) is 10.9 Å². The van der Waals surface area contributed by atoms with Crippen LogP contribution >= 0.6 is 11.3 Å². The van der Waals surface area contributed by atoms with E-state index in [9.17, 15) is 9.59 Å². The third-order valence-electron chi connectivity index (χ3n) is 4.08. The van der Waals surface area contributed by atoms with Crippen LogP contribution in [0.1, 0.15) is 6.92 Å². The molecule has 11 heteroatoms. The minimum Gasteiger partial charge on any atom is -0.383 e. The summed E-state index contributed by atoms with van der Waals surface area (Å²) >= 11 is 1.36. The zero-order chi connectivity index (χ0) is 19.8. The average molecular weight is 396 g/mol. The summed E-state index contributed by atoms with van der Waals surface area (Å²) in [5.74, 6) is -0.0966. The highest BCUT2D eigenvalue weighted by atomic mass is 32.1. The smallest absolute Gasteiger partial charge is 0.241 e. The number of anilines is 2. The first kappa shape index (κ1) is 17.8. The number of nitrogens with one attached hydrogen (secondary N) is 2. The van der Waals surface area contributed by atoms with E-state index in [2.05, 4.69) is 30.7 Å². The molecule has 28 heavy (non-hydrogen) atoms. The van der Waals surface area contributed by atoms with Crippen molar-refractivity contribution in [2.45, 2.75) is 13.5 Å². The van der Waals surface area contributed by atoms with E-state index in [4.69, 9.17) is 5.73 Å². The van der Waals surface area contributed by atoms with Crippen molar-refractivity contribution in [2.75, 3.05) is 18.1 Å². The van der Waals surface area contributed by atoms with E-state index in [1.54, 1.807) is 7.05 Å². The molecule has 0 unspecified atom stereocenters. The second-order valence-corrected chi connectivity index (χ2v) is 7.05. The quantitative estimate of drug-likeness (QED) is 0.473. The molecule has 4 aromatic rings. The van der Waals surface area contributed by atoms with Crippen molar-refractivity contribution in [3.05, 3.63) is 24.5 Å². The second-order valence-electron chi connectivity index (χ2n) is 6.02. The summed E-state index contributed by atoms with van der Waals surface area (Å²) in [5, 5.41) is 10.9. The van der Waals surface area contributed by atoms with Crippen LogP contribution in [-0.4, -0.2) is 43.6 Å². The van der Waals surface area contributed by atoms with Crippen molar-refractivity contribution in [3.8, 4) is 11.3 Å². The molecule has 3 aromatic heterocycles. The van der Waals surface area contributed by atoms with Crippen molar-refractivity contribution in [1.82, 2.24) is 30.0 Å². The molecule has 0 saturated heterocycles. The van der Waals surface area contributed by atoms with Crippen LogP contribution in [-0.2, 0) is 16.1 Å². The fourth-order valence-electron chi connectivity index (χ4n) is 2.83. The average Bonchev–Trinajstić information content (AvgIpc) is 3.22. The second kappa shape index (κ2) is 6.85. The number of likely N-dealkylation sites (N-methyl/N-ethyl adjacent to an activating group) is 1. The van der Waals surface area contributed by atoms with Gasteiger partial charge in [0.2, 0.25) is 11.8 Å². The number of carbonyl (C=O) groups excluding carboxylic acids is 2. The number of rotatable bonds is 4. The predicted molar refractivity (Wildman–Crippen MR) is 107 cm³/mol. The molecule has 0 atom stereocenters. The minimum atomic E-state index is -0.203. The molecule has 3 heterocycles. The van der Waals surface area contributed by atoms with Gasteiger partial charge in [-0.05, 0) is 12.1 Å². The molecular formula is C17H16N8O2S. The Labute approximate surface area is 162 Å². The molecule has 0 fully saturated rings. The van der Waals surface area contributed by atoms with Gasteiger partial charge in [-0.1, -0.05) is 17.4 Å². The van der Waals surface area contributed by atoms with Crippen molar-refractivity contribution >= 4 is 55.4 Å². The molecule has 2 amide bonds. The minimum absolute atomic E-state index is 0.0128. The third kappa shape index (κ3) is 3.11. The molecule has 0 aliphatic heterocycles. The van der Waals surface area contributed by atoms with Crippen LogP contribution in [0, 0.1) is 0 Å². The van der Waals surface area contributed by atoms with E-state index in [1.807, 2.05) is 18.2 Å². The molecular weight excluding hydrogens is 380 g/mol. The van der Waals surface area contributed by atoms with Crippen LogP contribution in [0.3, 0.4) is 0 Å². The number of nitrogen functional groups attached to an aromatic ring is 1. The van der Waals surface area contributed by atoms with E-state index in [1.165, 1.54) is 29.3 Å². The fraction of sp³-hybridized carbons (Fsp3) is 0.176. The highest BCUT2D eigenvalue weighted by Crippen LogP contribution is 2.34. The number of hydrogen-bond acceptors (Lipinski definition) is 8. The lowest BCUT2D eigenvalue weighted by atomic mass is 10.1. The lowest BCUT2D eigenvalue weighted by Gasteiger charge is -2.01. The van der Waals surface area contributed by atoms with Gasteiger partial charge in [0.05, 0.1) is 15.6 Å². The molecule has 0 aliphatic carbocycles. The van der Waals surface area contributed by atoms with Crippen molar-refractivity contribution in [2.24, 2.45) is 0 Å². The summed E-state index contributed by atoms with van der Waals surface area (Å²) in [5.41, 5.74) is 8.68. The van der Waals surface area contributed by atoms with E-state index in [0.717, 1.165) is 15.8 Å². The van der Waals surface area contributed by atoms with Gasteiger partial charge in [-0.2, -0.15) is 5.10 Å². The maximum Gasteiger partial charge on any atom is 0.241 e. The highest BCUT2D eigenvalue weighted by Gasteiger charge is 2.19. The summed E-state index contributed by atoms with van der Waals surface area (Å²) in [6.07, 6.45) is 1.34. The number of carbonyl (C=O) groups is 2. The van der Waals surface area contributed by atoms with Gasteiger partial charge in [-0.15, -0.1) is 0 Å². The van der Waals surface area contributed by atoms with Crippen LogP contribution in [0.15, 0.2) is 24.5 Å². The Morgan fingerprint density at radius 2 is 2.11 bits per heavy atom. The Hall–Kier alpha value is -3.60. The zero-order valence-electron chi connectivity index (χ0n) is 15.1. The van der Waals surface area contributed by atoms with Gasteiger partial charge < -0.3 is 16.4 Å². The summed E-state index contributed by atoms with van der Waals surface area (Å²) in [6.45, 7) is 1.45. The SMILES string of the molecule is CNC(=O)Cn1nc(-c2ccc3nc(NC(C)=O)sc3c2)c2c(N)ncnc21. The molecule has 0 bridgehead atoms. The molecule has 0 saturated carbocycles. The number of hydrogen-bond donors (Lipinski definition) is 3. The van der Waals surface area contributed by atoms with Crippen LogP contribution in [0.25, 0.3) is 32.5 Å². The Kier molecular flexibility index (Phi) is 4.35.